The predicted molar refractivity (Wildman–Crippen MR) is 79.3 cm³/mol. The zero-order chi connectivity index (χ0) is 14.4. The zero-order valence-corrected chi connectivity index (χ0v) is 11.7. The van der Waals surface area contributed by atoms with Crippen molar-refractivity contribution in [2.24, 2.45) is 0 Å². The SMILES string of the molecule is COc1c(NC(C)CCc2ccccc2)nc[nH]c1=O. The number of nitrogens with one attached hydrogen (secondary N) is 2. The molecule has 0 aliphatic carbocycles. The van der Waals surface area contributed by atoms with Crippen LogP contribution in [-0.4, -0.2) is 23.1 Å². The maximum Gasteiger partial charge on any atom is 0.295 e. The molecule has 5 nitrogen and oxygen atoms in total. The molecule has 1 heterocycles. The van der Waals surface area contributed by atoms with Crippen molar-refractivity contribution in [3.05, 3.63) is 52.6 Å². The third kappa shape index (κ3) is 3.60. The van der Waals surface area contributed by atoms with Gasteiger partial charge in [0, 0.05) is 6.04 Å². The lowest BCUT2D eigenvalue weighted by Gasteiger charge is -2.15. The Bertz CT molecular complexity index is 596. The number of nitrogens with zero attached hydrogens (tertiary/aromatic N) is 1. The first-order valence-electron chi connectivity index (χ1n) is 6.63. The fraction of sp³-hybridized carbons (Fsp3) is 0.333. The molecular weight excluding hydrogens is 254 g/mol. The molecule has 0 fully saturated rings. The van der Waals surface area contributed by atoms with Crippen molar-refractivity contribution in [2.45, 2.75) is 25.8 Å². The molecule has 20 heavy (non-hydrogen) atoms. The second kappa shape index (κ2) is 6.75. The molecule has 2 rings (SSSR count). The van der Waals surface area contributed by atoms with Gasteiger partial charge in [-0.05, 0) is 25.3 Å². The van der Waals surface area contributed by atoms with Crippen molar-refractivity contribution in [1.82, 2.24) is 9.97 Å². The van der Waals surface area contributed by atoms with E-state index in [4.69, 9.17) is 4.74 Å². The average Bonchev–Trinajstić information content (AvgIpc) is 2.46. The molecule has 0 amide bonds. The van der Waals surface area contributed by atoms with Crippen LogP contribution in [0.25, 0.3) is 0 Å². The molecule has 106 valence electrons. The average molecular weight is 273 g/mol. The van der Waals surface area contributed by atoms with E-state index in [9.17, 15) is 4.79 Å². The molecule has 5 heteroatoms. The highest BCUT2D eigenvalue weighted by Gasteiger charge is 2.11. The summed E-state index contributed by atoms with van der Waals surface area (Å²) in [4.78, 5) is 18.2. The summed E-state index contributed by atoms with van der Waals surface area (Å²) in [6.07, 6.45) is 3.29. The van der Waals surface area contributed by atoms with Crippen LogP contribution in [0.3, 0.4) is 0 Å². The van der Waals surface area contributed by atoms with E-state index < -0.39 is 0 Å². The molecule has 0 saturated carbocycles. The predicted octanol–water partition coefficient (Wildman–Crippen LogP) is 2.21. The van der Waals surface area contributed by atoms with E-state index >= 15 is 0 Å². The summed E-state index contributed by atoms with van der Waals surface area (Å²) in [7, 11) is 1.46. The van der Waals surface area contributed by atoms with Crippen molar-refractivity contribution < 1.29 is 4.74 Å². The van der Waals surface area contributed by atoms with Crippen LogP contribution in [0, 0.1) is 0 Å². The van der Waals surface area contributed by atoms with Gasteiger partial charge in [-0.2, -0.15) is 0 Å². The quantitative estimate of drug-likeness (QED) is 0.847. The number of aryl methyl sites for hydroxylation is 1. The van der Waals surface area contributed by atoms with E-state index in [2.05, 4.69) is 34.3 Å². The number of benzene rings is 1. The normalized spacial score (nSPS) is 11.9. The molecular formula is C15H19N3O2. The highest BCUT2D eigenvalue weighted by atomic mass is 16.5. The molecule has 1 atom stereocenters. The molecule has 1 aromatic carbocycles. The van der Waals surface area contributed by atoms with E-state index in [1.807, 2.05) is 18.2 Å². The summed E-state index contributed by atoms with van der Waals surface area (Å²) >= 11 is 0. The summed E-state index contributed by atoms with van der Waals surface area (Å²) in [5, 5.41) is 3.22. The number of aromatic nitrogens is 2. The van der Waals surface area contributed by atoms with Crippen LogP contribution in [0.5, 0.6) is 5.75 Å². The van der Waals surface area contributed by atoms with Crippen molar-refractivity contribution >= 4 is 5.82 Å². The molecule has 2 N–H and O–H groups in total. The van der Waals surface area contributed by atoms with E-state index in [-0.39, 0.29) is 17.4 Å². The first-order valence-corrected chi connectivity index (χ1v) is 6.63. The third-order valence-electron chi connectivity index (χ3n) is 3.11. The summed E-state index contributed by atoms with van der Waals surface area (Å²) in [5.74, 6) is 0.705. The minimum absolute atomic E-state index is 0.193. The number of rotatable bonds is 6. The summed E-state index contributed by atoms with van der Waals surface area (Å²) in [5.41, 5.74) is 1.02. The van der Waals surface area contributed by atoms with Gasteiger partial charge in [-0.1, -0.05) is 30.3 Å². The standard InChI is InChI=1S/C15H19N3O2/c1-11(8-9-12-6-4-3-5-7-12)18-14-13(20-2)15(19)17-10-16-14/h3-7,10-11H,8-9H2,1-2H3,(H2,16,17,18,19). The van der Waals surface area contributed by atoms with Gasteiger partial charge in [0.15, 0.2) is 5.82 Å². The maximum absolute atomic E-state index is 11.6. The van der Waals surface area contributed by atoms with Gasteiger partial charge in [-0.25, -0.2) is 4.98 Å². The number of H-pyrrole nitrogens is 1. The minimum atomic E-state index is -0.278. The number of hydrogen-bond donors (Lipinski definition) is 2. The monoisotopic (exact) mass is 273 g/mol. The second-order valence-corrected chi connectivity index (χ2v) is 4.68. The molecule has 0 aliphatic rings. The fourth-order valence-corrected chi connectivity index (χ4v) is 2.01. The van der Waals surface area contributed by atoms with E-state index in [1.165, 1.54) is 19.0 Å². The first kappa shape index (κ1) is 14.1. The van der Waals surface area contributed by atoms with Crippen molar-refractivity contribution in [3.8, 4) is 5.75 Å². The Morgan fingerprint density at radius 2 is 2.10 bits per heavy atom. The molecule has 0 spiro atoms. The van der Waals surface area contributed by atoms with Gasteiger partial charge >= 0.3 is 0 Å². The van der Waals surface area contributed by atoms with Gasteiger partial charge < -0.3 is 15.0 Å². The third-order valence-corrected chi connectivity index (χ3v) is 3.11. The van der Waals surface area contributed by atoms with Crippen LogP contribution in [0.1, 0.15) is 18.9 Å². The fourth-order valence-electron chi connectivity index (χ4n) is 2.01. The Morgan fingerprint density at radius 3 is 2.80 bits per heavy atom. The van der Waals surface area contributed by atoms with Crippen molar-refractivity contribution in [3.63, 3.8) is 0 Å². The maximum atomic E-state index is 11.6. The molecule has 0 bridgehead atoms. The minimum Gasteiger partial charge on any atom is -0.489 e. The number of methoxy groups -OCH3 is 1. The van der Waals surface area contributed by atoms with E-state index in [0.717, 1.165) is 12.8 Å². The zero-order valence-electron chi connectivity index (χ0n) is 11.7. The molecule has 0 saturated heterocycles. The Morgan fingerprint density at radius 1 is 1.35 bits per heavy atom. The van der Waals surface area contributed by atoms with Gasteiger partial charge in [0.05, 0.1) is 13.4 Å². The summed E-state index contributed by atoms with van der Waals surface area (Å²) in [6, 6.07) is 10.5. The van der Waals surface area contributed by atoms with Gasteiger partial charge in [0.1, 0.15) is 0 Å². The lowest BCUT2D eigenvalue weighted by Crippen LogP contribution is -2.20. The van der Waals surface area contributed by atoms with Crippen LogP contribution in [0.4, 0.5) is 5.82 Å². The highest BCUT2D eigenvalue weighted by molar-refractivity contribution is 5.48. The highest BCUT2D eigenvalue weighted by Crippen LogP contribution is 2.17. The molecule has 2 aromatic rings. The Hall–Kier alpha value is -2.30. The van der Waals surface area contributed by atoms with Gasteiger partial charge in [-0.3, -0.25) is 4.79 Å². The molecule has 0 aliphatic heterocycles. The van der Waals surface area contributed by atoms with Crippen LogP contribution >= 0.6 is 0 Å². The summed E-state index contributed by atoms with van der Waals surface area (Å²) in [6.45, 7) is 2.06. The van der Waals surface area contributed by atoms with Crippen LogP contribution < -0.4 is 15.6 Å². The van der Waals surface area contributed by atoms with Gasteiger partial charge in [0.2, 0.25) is 5.75 Å². The smallest absolute Gasteiger partial charge is 0.295 e. The molecule has 1 unspecified atom stereocenters. The van der Waals surface area contributed by atoms with Gasteiger partial charge in [0.25, 0.3) is 5.56 Å². The van der Waals surface area contributed by atoms with Crippen molar-refractivity contribution in [1.29, 1.82) is 0 Å². The Labute approximate surface area is 118 Å². The summed E-state index contributed by atoms with van der Waals surface area (Å²) < 4.78 is 5.07. The molecule has 0 radical (unpaired) electrons. The molecule has 1 aromatic heterocycles. The Balaban J connectivity index is 1.96. The lowest BCUT2D eigenvalue weighted by atomic mass is 10.1. The Kier molecular flexibility index (Phi) is 4.76. The largest absolute Gasteiger partial charge is 0.489 e. The van der Waals surface area contributed by atoms with Crippen LogP contribution in [0.15, 0.2) is 41.5 Å². The first-order chi connectivity index (χ1) is 9.70. The van der Waals surface area contributed by atoms with Crippen LogP contribution in [0.2, 0.25) is 0 Å². The lowest BCUT2D eigenvalue weighted by molar-refractivity contribution is 0.407. The van der Waals surface area contributed by atoms with E-state index in [1.54, 1.807) is 0 Å². The van der Waals surface area contributed by atoms with Crippen LogP contribution in [-0.2, 0) is 6.42 Å². The van der Waals surface area contributed by atoms with Crippen molar-refractivity contribution in [2.75, 3.05) is 12.4 Å². The number of hydrogen-bond acceptors (Lipinski definition) is 4. The van der Waals surface area contributed by atoms with E-state index in [0.29, 0.717) is 5.82 Å². The number of anilines is 1. The second-order valence-electron chi connectivity index (χ2n) is 4.68. The number of ether oxygens (including phenoxy) is 1. The topological polar surface area (TPSA) is 67.0 Å². The van der Waals surface area contributed by atoms with Gasteiger partial charge in [-0.15, -0.1) is 0 Å². The number of aromatic amines is 1.